The van der Waals surface area contributed by atoms with Gasteiger partial charge in [0.05, 0.1) is 12.0 Å². The first-order chi connectivity index (χ1) is 5.65. The van der Waals surface area contributed by atoms with E-state index in [1.165, 1.54) is 0 Å². The molecule has 0 bridgehead atoms. The quantitative estimate of drug-likeness (QED) is 0.702. The van der Waals surface area contributed by atoms with Crippen LogP contribution in [0.25, 0.3) is 0 Å². The summed E-state index contributed by atoms with van der Waals surface area (Å²) in [5.74, 6) is -0.314. The van der Waals surface area contributed by atoms with E-state index in [0.29, 0.717) is 5.56 Å². The van der Waals surface area contributed by atoms with Gasteiger partial charge in [-0.2, -0.15) is 5.26 Å². The van der Waals surface area contributed by atoms with Gasteiger partial charge in [0.15, 0.2) is 10.3 Å². The first kappa shape index (κ1) is 9.24. The van der Waals surface area contributed by atoms with Gasteiger partial charge in [0.1, 0.15) is 0 Å². The van der Waals surface area contributed by atoms with Gasteiger partial charge in [-0.05, 0) is 13.0 Å². The SMILES string of the molecule is CC(C#N)c1cc(Cl)nnc1Cl. The first-order valence-electron chi connectivity index (χ1n) is 3.23. The van der Waals surface area contributed by atoms with Gasteiger partial charge in [0, 0.05) is 5.56 Å². The summed E-state index contributed by atoms with van der Waals surface area (Å²) >= 11 is 11.3. The van der Waals surface area contributed by atoms with Gasteiger partial charge in [0.2, 0.25) is 0 Å². The Bertz CT molecular complexity index is 332. The molecular formula is C7H5Cl2N3. The zero-order valence-corrected chi connectivity index (χ0v) is 7.76. The summed E-state index contributed by atoms with van der Waals surface area (Å²) in [5.41, 5.74) is 0.610. The average molecular weight is 202 g/mol. The lowest BCUT2D eigenvalue weighted by Crippen LogP contribution is -1.95. The van der Waals surface area contributed by atoms with Gasteiger partial charge in [0.25, 0.3) is 0 Å². The molecule has 1 aromatic rings. The highest BCUT2D eigenvalue weighted by molar-refractivity contribution is 6.31. The maximum atomic E-state index is 8.60. The number of nitriles is 1. The van der Waals surface area contributed by atoms with Crippen LogP contribution in [-0.4, -0.2) is 10.2 Å². The smallest absolute Gasteiger partial charge is 0.156 e. The maximum Gasteiger partial charge on any atom is 0.156 e. The van der Waals surface area contributed by atoms with E-state index in [-0.39, 0.29) is 16.2 Å². The molecule has 0 aromatic carbocycles. The molecule has 0 radical (unpaired) electrons. The minimum atomic E-state index is -0.314. The Balaban J connectivity index is 3.15. The van der Waals surface area contributed by atoms with Crippen molar-refractivity contribution in [3.8, 4) is 6.07 Å². The standard InChI is InChI=1S/C7H5Cl2N3/c1-4(3-10)5-2-6(8)11-12-7(5)9/h2,4H,1H3. The van der Waals surface area contributed by atoms with Crippen LogP contribution in [0.2, 0.25) is 10.3 Å². The molecule has 0 fully saturated rings. The molecule has 0 aliphatic heterocycles. The molecule has 1 atom stereocenters. The Morgan fingerprint density at radius 2 is 2.17 bits per heavy atom. The predicted octanol–water partition coefficient (Wildman–Crippen LogP) is 2.41. The molecule has 1 rings (SSSR count). The second-order valence-corrected chi connectivity index (χ2v) is 3.01. The highest BCUT2D eigenvalue weighted by atomic mass is 35.5. The van der Waals surface area contributed by atoms with Crippen molar-refractivity contribution >= 4 is 23.2 Å². The molecule has 0 aliphatic rings. The van der Waals surface area contributed by atoms with Crippen molar-refractivity contribution in [2.24, 2.45) is 0 Å². The summed E-state index contributed by atoms with van der Waals surface area (Å²) < 4.78 is 0. The zero-order chi connectivity index (χ0) is 9.14. The maximum absolute atomic E-state index is 8.60. The molecule has 62 valence electrons. The summed E-state index contributed by atoms with van der Waals surface area (Å²) in [6.45, 7) is 1.72. The molecule has 0 saturated heterocycles. The van der Waals surface area contributed by atoms with Crippen molar-refractivity contribution < 1.29 is 0 Å². The van der Waals surface area contributed by atoms with Crippen LogP contribution < -0.4 is 0 Å². The second-order valence-electron chi connectivity index (χ2n) is 2.26. The molecule has 1 heterocycles. The van der Waals surface area contributed by atoms with Crippen LogP contribution in [0.5, 0.6) is 0 Å². The number of rotatable bonds is 1. The molecule has 12 heavy (non-hydrogen) atoms. The Labute approximate surface area is 79.9 Å². The molecule has 0 spiro atoms. The third-order valence-electron chi connectivity index (χ3n) is 1.41. The van der Waals surface area contributed by atoms with Crippen LogP contribution >= 0.6 is 23.2 Å². The molecule has 3 nitrogen and oxygen atoms in total. The molecular weight excluding hydrogens is 197 g/mol. The van der Waals surface area contributed by atoms with E-state index in [2.05, 4.69) is 10.2 Å². The molecule has 5 heteroatoms. The fourth-order valence-corrected chi connectivity index (χ4v) is 1.15. The van der Waals surface area contributed by atoms with Crippen LogP contribution in [0.1, 0.15) is 18.4 Å². The summed E-state index contributed by atoms with van der Waals surface area (Å²) in [5, 5.41) is 16.2. The largest absolute Gasteiger partial charge is 0.198 e. The fraction of sp³-hybridized carbons (Fsp3) is 0.286. The van der Waals surface area contributed by atoms with Gasteiger partial charge < -0.3 is 0 Å². The lowest BCUT2D eigenvalue weighted by molar-refractivity contribution is 0.925. The first-order valence-corrected chi connectivity index (χ1v) is 3.99. The van der Waals surface area contributed by atoms with Crippen LogP contribution in [-0.2, 0) is 0 Å². The number of aromatic nitrogens is 2. The van der Waals surface area contributed by atoms with E-state index in [9.17, 15) is 0 Å². The van der Waals surface area contributed by atoms with Crippen LogP contribution in [0.4, 0.5) is 0 Å². The van der Waals surface area contributed by atoms with Crippen molar-refractivity contribution in [3.05, 3.63) is 21.9 Å². The molecule has 0 saturated carbocycles. The van der Waals surface area contributed by atoms with E-state index in [4.69, 9.17) is 28.5 Å². The molecule has 0 N–H and O–H groups in total. The van der Waals surface area contributed by atoms with E-state index in [0.717, 1.165) is 0 Å². The van der Waals surface area contributed by atoms with Gasteiger partial charge in [-0.25, -0.2) is 0 Å². The van der Waals surface area contributed by atoms with Crippen LogP contribution in [0.15, 0.2) is 6.07 Å². The van der Waals surface area contributed by atoms with Crippen molar-refractivity contribution in [1.82, 2.24) is 10.2 Å². The number of hydrogen-bond donors (Lipinski definition) is 0. The minimum absolute atomic E-state index is 0.230. The highest BCUT2D eigenvalue weighted by Crippen LogP contribution is 2.23. The fourth-order valence-electron chi connectivity index (χ4n) is 0.739. The molecule has 0 amide bonds. The third kappa shape index (κ3) is 1.84. The highest BCUT2D eigenvalue weighted by Gasteiger charge is 2.10. The van der Waals surface area contributed by atoms with Crippen molar-refractivity contribution in [2.75, 3.05) is 0 Å². The Morgan fingerprint density at radius 1 is 1.50 bits per heavy atom. The van der Waals surface area contributed by atoms with E-state index in [1.807, 2.05) is 6.07 Å². The monoisotopic (exact) mass is 201 g/mol. The molecule has 1 aromatic heterocycles. The van der Waals surface area contributed by atoms with Crippen molar-refractivity contribution in [1.29, 1.82) is 5.26 Å². The summed E-state index contributed by atoms with van der Waals surface area (Å²) in [6.07, 6.45) is 0. The lowest BCUT2D eigenvalue weighted by Gasteiger charge is -2.03. The second kappa shape index (κ2) is 3.70. The summed E-state index contributed by atoms with van der Waals surface area (Å²) in [4.78, 5) is 0. The van der Waals surface area contributed by atoms with Crippen LogP contribution in [0, 0.1) is 11.3 Å². The van der Waals surface area contributed by atoms with Gasteiger partial charge in [-0.3, -0.25) is 0 Å². The van der Waals surface area contributed by atoms with Gasteiger partial charge >= 0.3 is 0 Å². The number of halogens is 2. The predicted molar refractivity (Wildman–Crippen MR) is 46.1 cm³/mol. The summed E-state index contributed by atoms with van der Waals surface area (Å²) in [7, 11) is 0. The van der Waals surface area contributed by atoms with E-state index in [1.54, 1.807) is 13.0 Å². The van der Waals surface area contributed by atoms with Crippen LogP contribution in [0.3, 0.4) is 0 Å². The van der Waals surface area contributed by atoms with Crippen molar-refractivity contribution in [3.63, 3.8) is 0 Å². The minimum Gasteiger partial charge on any atom is -0.198 e. The Morgan fingerprint density at radius 3 is 2.75 bits per heavy atom. The van der Waals surface area contributed by atoms with E-state index >= 15 is 0 Å². The van der Waals surface area contributed by atoms with E-state index < -0.39 is 0 Å². The third-order valence-corrected chi connectivity index (χ3v) is 1.88. The Hall–Kier alpha value is -0.850. The number of hydrogen-bond acceptors (Lipinski definition) is 3. The average Bonchev–Trinajstić information content (AvgIpc) is 2.08. The normalized spacial score (nSPS) is 12.2. The molecule has 0 aliphatic carbocycles. The van der Waals surface area contributed by atoms with Crippen molar-refractivity contribution in [2.45, 2.75) is 12.8 Å². The zero-order valence-electron chi connectivity index (χ0n) is 6.25. The van der Waals surface area contributed by atoms with Gasteiger partial charge in [-0.1, -0.05) is 23.2 Å². The lowest BCUT2D eigenvalue weighted by atomic mass is 10.1. The topological polar surface area (TPSA) is 49.6 Å². The summed E-state index contributed by atoms with van der Waals surface area (Å²) in [6, 6.07) is 3.58. The molecule has 1 unspecified atom stereocenters. The number of nitrogens with zero attached hydrogens (tertiary/aromatic N) is 3. The Kier molecular flexibility index (Phi) is 2.85. The van der Waals surface area contributed by atoms with Gasteiger partial charge in [-0.15, -0.1) is 10.2 Å².